The maximum Gasteiger partial charge on any atom is 0.325 e. The molecule has 0 saturated heterocycles. The van der Waals surface area contributed by atoms with Gasteiger partial charge in [0, 0.05) is 56.0 Å². The summed E-state index contributed by atoms with van der Waals surface area (Å²) in [7, 11) is 1.88. The molecule has 0 radical (unpaired) electrons. The van der Waals surface area contributed by atoms with E-state index in [-0.39, 0.29) is 12.6 Å². The maximum atomic E-state index is 13.2. The third-order valence-corrected chi connectivity index (χ3v) is 6.66. The first kappa shape index (κ1) is 21.6. The van der Waals surface area contributed by atoms with Crippen LogP contribution in [0, 0.1) is 5.92 Å². The highest BCUT2D eigenvalue weighted by molar-refractivity contribution is 7.17. The van der Waals surface area contributed by atoms with Gasteiger partial charge in [-0.25, -0.2) is 4.79 Å². The zero-order valence-electron chi connectivity index (χ0n) is 18.0. The molecule has 3 heterocycles. The maximum absolute atomic E-state index is 13.2. The zero-order chi connectivity index (χ0) is 21.2. The lowest BCUT2D eigenvalue weighted by atomic mass is 9.89. The fraction of sp³-hybridized carbons (Fsp3) is 0.545. The molecule has 1 aliphatic rings. The standard InChI is InChI=1S/C22H32N4O2S/c1-15(2)14-26-20-18(22(3,4)25(5)21(26)28)19(24-10-7-11-27)17(29-20)12-16-8-6-9-23-13-16/h6,8-9,13,15,24,27H,7,10-12,14H2,1-5H3. The van der Waals surface area contributed by atoms with E-state index in [9.17, 15) is 9.90 Å². The highest BCUT2D eigenvalue weighted by Gasteiger charge is 2.45. The molecule has 0 bridgehead atoms. The van der Waals surface area contributed by atoms with Gasteiger partial charge in [0.05, 0.1) is 11.2 Å². The van der Waals surface area contributed by atoms with E-state index in [2.05, 4.69) is 44.1 Å². The number of aliphatic hydroxyl groups excluding tert-OH is 1. The topological polar surface area (TPSA) is 68.7 Å². The van der Waals surface area contributed by atoms with E-state index in [1.807, 2.05) is 29.1 Å². The molecule has 2 aromatic heterocycles. The van der Waals surface area contributed by atoms with Crippen LogP contribution in [0.2, 0.25) is 0 Å². The van der Waals surface area contributed by atoms with Gasteiger partial charge in [0.2, 0.25) is 0 Å². The average Bonchev–Trinajstić information content (AvgIpc) is 3.04. The van der Waals surface area contributed by atoms with E-state index in [4.69, 9.17) is 0 Å². The number of aliphatic hydroxyl groups is 1. The van der Waals surface area contributed by atoms with Gasteiger partial charge < -0.3 is 15.3 Å². The second-order valence-corrected chi connectivity index (χ2v) is 9.61. The number of anilines is 2. The molecule has 158 valence electrons. The molecule has 0 saturated carbocycles. The molecule has 0 unspecified atom stereocenters. The monoisotopic (exact) mass is 416 g/mol. The van der Waals surface area contributed by atoms with E-state index >= 15 is 0 Å². The van der Waals surface area contributed by atoms with Crippen molar-refractivity contribution >= 4 is 28.1 Å². The summed E-state index contributed by atoms with van der Waals surface area (Å²) in [6.45, 7) is 10.0. The van der Waals surface area contributed by atoms with E-state index in [0.29, 0.717) is 25.4 Å². The van der Waals surface area contributed by atoms with Gasteiger partial charge in [-0.05, 0) is 37.8 Å². The number of nitrogens with one attached hydrogen (secondary N) is 1. The summed E-state index contributed by atoms with van der Waals surface area (Å²) in [4.78, 5) is 22.4. The Morgan fingerprint density at radius 1 is 1.34 bits per heavy atom. The number of carbonyl (C=O) groups excluding carboxylic acids is 1. The summed E-state index contributed by atoms with van der Waals surface area (Å²) in [5.74, 6) is 0.371. The Bertz CT molecular complexity index is 848. The van der Waals surface area contributed by atoms with Gasteiger partial charge in [-0.15, -0.1) is 11.3 Å². The fourth-order valence-corrected chi connectivity index (χ4v) is 5.18. The molecular formula is C22H32N4O2S. The van der Waals surface area contributed by atoms with E-state index in [0.717, 1.165) is 22.7 Å². The van der Waals surface area contributed by atoms with Crippen molar-refractivity contribution in [2.45, 2.75) is 46.1 Å². The lowest BCUT2D eigenvalue weighted by Crippen LogP contribution is -2.55. The minimum Gasteiger partial charge on any atom is -0.396 e. The largest absolute Gasteiger partial charge is 0.396 e. The van der Waals surface area contributed by atoms with Crippen molar-refractivity contribution in [3.63, 3.8) is 0 Å². The normalized spacial score (nSPS) is 15.8. The van der Waals surface area contributed by atoms with Gasteiger partial charge in [0.25, 0.3) is 0 Å². The van der Waals surface area contributed by atoms with Crippen molar-refractivity contribution in [2.75, 3.05) is 37.0 Å². The van der Waals surface area contributed by atoms with Crippen LogP contribution in [0.5, 0.6) is 0 Å². The quantitative estimate of drug-likeness (QED) is 0.630. The average molecular weight is 417 g/mol. The number of carbonyl (C=O) groups is 1. The van der Waals surface area contributed by atoms with Crippen molar-refractivity contribution in [2.24, 2.45) is 5.92 Å². The Morgan fingerprint density at radius 2 is 2.10 bits per heavy atom. The molecule has 0 spiro atoms. The molecule has 0 aromatic carbocycles. The number of nitrogens with zero attached hydrogens (tertiary/aromatic N) is 3. The zero-order valence-corrected chi connectivity index (χ0v) is 18.8. The smallest absolute Gasteiger partial charge is 0.325 e. The van der Waals surface area contributed by atoms with Crippen LogP contribution < -0.4 is 10.2 Å². The lowest BCUT2D eigenvalue weighted by molar-refractivity contribution is 0.156. The third kappa shape index (κ3) is 4.26. The molecule has 3 rings (SSSR count). The number of pyridine rings is 1. The summed E-state index contributed by atoms with van der Waals surface area (Å²) in [5.41, 5.74) is 2.98. The Labute approximate surface area is 177 Å². The second kappa shape index (κ2) is 8.71. The second-order valence-electron chi connectivity index (χ2n) is 8.53. The van der Waals surface area contributed by atoms with Crippen LogP contribution in [-0.2, 0) is 12.0 Å². The number of thiophene rings is 1. The van der Waals surface area contributed by atoms with Crippen LogP contribution in [0.25, 0.3) is 0 Å². The number of rotatable bonds is 8. The number of fused-ring (bicyclic) bond motifs is 1. The molecule has 2 N–H and O–H groups in total. The molecule has 1 aliphatic heterocycles. The minimum atomic E-state index is -0.425. The van der Waals surface area contributed by atoms with Crippen LogP contribution in [0.4, 0.5) is 15.5 Å². The Kier molecular flexibility index (Phi) is 6.49. The Morgan fingerprint density at radius 3 is 2.72 bits per heavy atom. The predicted molar refractivity (Wildman–Crippen MR) is 120 cm³/mol. The summed E-state index contributed by atoms with van der Waals surface area (Å²) < 4.78 is 0. The predicted octanol–water partition coefficient (Wildman–Crippen LogP) is 4.29. The molecule has 0 fully saturated rings. The highest BCUT2D eigenvalue weighted by atomic mass is 32.1. The molecule has 2 aromatic rings. The highest BCUT2D eigenvalue weighted by Crippen LogP contribution is 2.51. The number of hydrogen-bond donors (Lipinski definition) is 2. The van der Waals surface area contributed by atoms with Gasteiger partial charge in [0.1, 0.15) is 5.00 Å². The van der Waals surface area contributed by atoms with Gasteiger partial charge in [-0.2, -0.15) is 0 Å². The number of hydrogen-bond acceptors (Lipinski definition) is 5. The van der Waals surface area contributed by atoms with E-state index < -0.39 is 5.54 Å². The third-order valence-electron chi connectivity index (χ3n) is 5.45. The molecule has 0 aliphatic carbocycles. The van der Waals surface area contributed by atoms with Crippen molar-refractivity contribution in [3.8, 4) is 0 Å². The van der Waals surface area contributed by atoms with Crippen LogP contribution in [0.1, 0.15) is 50.1 Å². The fourth-order valence-electron chi connectivity index (χ4n) is 3.72. The first-order valence-electron chi connectivity index (χ1n) is 10.2. The van der Waals surface area contributed by atoms with Crippen LogP contribution in [0.3, 0.4) is 0 Å². The Hall–Kier alpha value is -2.12. The number of urea groups is 1. The molecule has 7 heteroatoms. The molecule has 6 nitrogen and oxygen atoms in total. The Balaban J connectivity index is 2.12. The van der Waals surface area contributed by atoms with E-state index in [1.54, 1.807) is 17.5 Å². The summed E-state index contributed by atoms with van der Waals surface area (Å²) in [5, 5.41) is 13.9. The van der Waals surface area contributed by atoms with Crippen molar-refractivity contribution in [1.29, 1.82) is 0 Å². The number of aromatic nitrogens is 1. The van der Waals surface area contributed by atoms with Crippen LogP contribution in [-0.4, -0.2) is 47.8 Å². The van der Waals surface area contributed by atoms with E-state index in [1.165, 1.54) is 10.4 Å². The summed E-state index contributed by atoms with van der Waals surface area (Å²) >= 11 is 1.70. The number of amides is 2. The first-order chi connectivity index (χ1) is 13.8. The summed E-state index contributed by atoms with van der Waals surface area (Å²) in [6, 6.07) is 4.08. The van der Waals surface area contributed by atoms with Crippen molar-refractivity contribution in [3.05, 3.63) is 40.5 Å². The lowest BCUT2D eigenvalue weighted by Gasteiger charge is -2.45. The van der Waals surface area contributed by atoms with Gasteiger partial charge in [0.15, 0.2) is 0 Å². The minimum absolute atomic E-state index is 0.0484. The van der Waals surface area contributed by atoms with Gasteiger partial charge >= 0.3 is 6.03 Å². The van der Waals surface area contributed by atoms with Gasteiger partial charge in [-0.1, -0.05) is 19.9 Å². The summed E-state index contributed by atoms with van der Waals surface area (Å²) in [6.07, 6.45) is 5.12. The van der Waals surface area contributed by atoms with Crippen molar-refractivity contribution < 1.29 is 9.90 Å². The SMILES string of the molecule is CC(C)CN1C(=O)N(C)C(C)(C)c2c1sc(Cc1cccnc1)c2NCCCO. The van der Waals surface area contributed by atoms with Crippen LogP contribution >= 0.6 is 11.3 Å². The van der Waals surface area contributed by atoms with Crippen molar-refractivity contribution in [1.82, 2.24) is 9.88 Å². The van der Waals surface area contributed by atoms with Gasteiger partial charge in [-0.3, -0.25) is 9.88 Å². The first-order valence-corrected chi connectivity index (χ1v) is 11.0. The molecule has 29 heavy (non-hydrogen) atoms. The molecule has 0 atom stereocenters. The molecular weight excluding hydrogens is 384 g/mol. The molecule has 2 amide bonds. The van der Waals surface area contributed by atoms with Crippen LogP contribution in [0.15, 0.2) is 24.5 Å².